The molecule has 0 fully saturated rings. The van der Waals surface area contributed by atoms with Crippen LogP contribution >= 0.6 is 15.9 Å². The standard InChI is InChI=1S/C12H14BrN5O/c1-6(2)10-16-11(18-17-10)12(19)15-8-4-7(3)9(13)14-5-8/h4-6H,1-3H3,(H,15,19)(H,16,17,18). The van der Waals surface area contributed by atoms with E-state index in [1.165, 1.54) is 0 Å². The van der Waals surface area contributed by atoms with Crippen LogP contribution in [0.15, 0.2) is 16.9 Å². The molecule has 2 aromatic rings. The van der Waals surface area contributed by atoms with Crippen LogP contribution in [0.5, 0.6) is 0 Å². The predicted molar refractivity (Wildman–Crippen MR) is 75.1 cm³/mol. The zero-order chi connectivity index (χ0) is 14.0. The third-order valence-electron chi connectivity index (χ3n) is 2.52. The lowest BCUT2D eigenvalue weighted by atomic mass is 10.2. The predicted octanol–water partition coefficient (Wildman–Crippen LogP) is 2.65. The molecule has 0 spiro atoms. The van der Waals surface area contributed by atoms with E-state index >= 15 is 0 Å². The Balaban J connectivity index is 2.13. The molecule has 0 saturated heterocycles. The minimum Gasteiger partial charge on any atom is -0.318 e. The average molecular weight is 324 g/mol. The Morgan fingerprint density at radius 2 is 2.21 bits per heavy atom. The van der Waals surface area contributed by atoms with Gasteiger partial charge in [-0.05, 0) is 34.5 Å². The number of aryl methyl sites for hydroxylation is 1. The van der Waals surface area contributed by atoms with Gasteiger partial charge in [-0.15, -0.1) is 5.10 Å². The number of hydrogen-bond acceptors (Lipinski definition) is 4. The molecule has 0 bridgehead atoms. The second-order valence-electron chi connectivity index (χ2n) is 4.48. The van der Waals surface area contributed by atoms with Crippen molar-refractivity contribution in [1.82, 2.24) is 20.2 Å². The summed E-state index contributed by atoms with van der Waals surface area (Å²) in [4.78, 5) is 20.2. The molecule has 2 N–H and O–H groups in total. The maximum Gasteiger partial charge on any atom is 0.295 e. The Bertz CT molecular complexity index is 608. The van der Waals surface area contributed by atoms with Crippen LogP contribution in [0.1, 0.15) is 41.8 Å². The Hall–Kier alpha value is -1.76. The number of anilines is 1. The van der Waals surface area contributed by atoms with E-state index in [4.69, 9.17) is 0 Å². The van der Waals surface area contributed by atoms with Crippen molar-refractivity contribution in [1.29, 1.82) is 0 Å². The van der Waals surface area contributed by atoms with Crippen molar-refractivity contribution in [3.8, 4) is 0 Å². The fourth-order valence-electron chi connectivity index (χ4n) is 1.45. The van der Waals surface area contributed by atoms with Crippen molar-refractivity contribution in [3.63, 3.8) is 0 Å². The average Bonchev–Trinajstić information content (AvgIpc) is 2.83. The van der Waals surface area contributed by atoms with Gasteiger partial charge in [-0.3, -0.25) is 9.89 Å². The number of aromatic amines is 1. The first-order valence-corrected chi connectivity index (χ1v) is 6.62. The zero-order valence-corrected chi connectivity index (χ0v) is 12.4. The number of aromatic nitrogens is 4. The van der Waals surface area contributed by atoms with Crippen molar-refractivity contribution < 1.29 is 4.79 Å². The molecule has 0 saturated carbocycles. The summed E-state index contributed by atoms with van der Waals surface area (Å²) < 4.78 is 0.755. The first-order chi connectivity index (χ1) is 8.97. The number of rotatable bonds is 3. The molecule has 2 heterocycles. The Morgan fingerprint density at radius 3 is 2.79 bits per heavy atom. The maximum absolute atomic E-state index is 12.0. The second kappa shape index (κ2) is 5.48. The number of halogens is 1. The van der Waals surface area contributed by atoms with Gasteiger partial charge in [-0.2, -0.15) is 0 Å². The van der Waals surface area contributed by atoms with Gasteiger partial charge in [-0.25, -0.2) is 9.97 Å². The van der Waals surface area contributed by atoms with Crippen LogP contribution in [0.2, 0.25) is 0 Å². The highest BCUT2D eigenvalue weighted by Gasteiger charge is 2.14. The van der Waals surface area contributed by atoms with E-state index in [1.54, 1.807) is 6.20 Å². The van der Waals surface area contributed by atoms with E-state index in [-0.39, 0.29) is 17.6 Å². The molecular formula is C12H14BrN5O. The summed E-state index contributed by atoms with van der Waals surface area (Å²) in [5, 5.41) is 9.35. The summed E-state index contributed by atoms with van der Waals surface area (Å²) in [5.41, 5.74) is 1.55. The topological polar surface area (TPSA) is 83.6 Å². The van der Waals surface area contributed by atoms with E-state index in [0.29, 0.717) is 11.5 Å². The van der Waals surface area contributed by atoms with Gasteiger partial charge in [0.05, 0.1) is 11.9 Å². The van der Waals surface area contributed by atoms with Gasteiger partial charge >= 0.3 is 0 Å². The molecule has 0 aromatic carbocycles. The molecular weight excluding hydrogens is 310 g/mol. The highest BCUT2D eigenvalue weighted by molar-refractivity contribution is 9.10. The van der Waals surface area contributed by atoms with E-state index in [9.17, 15) is 4.79 Å². The first-order valence-electron chi connectivity index (χ1n) is 5.83. The molecule has 100 valence electrons. The van der Waals surface area contributed by atoms with Gasteiger partial charge < -0.3 is 5.32 Å². The van der Waals surface area contributed by atoms with E-state index < -0.39 is 0 Å². The molecule has 2 rings (SSSR count). The smallest absolute Gasteiger partial charge is 0.295 e. The van der Waals surface area contributed by atoms with Gasteiger partial charge in [-0.1, -0.05) is 13.8 Å². The van der Waals surface area contributed by atoms with Crippen LogP contribution in [0.4, 0.5) is 5.69 Å². The number of carbonyl (C=O) groups is 1. The number of amides is 1. The summed E-state index contributed by atoms with van der Waals surface area (Å²) in [5.74, 6) is 0.664. The van der Waals surface area contributed by atoms with Crippen LogP contribution in [-0.4, -0.2) is 26.1 Å². The van der Waals surface area contributed by atoms with Crippen molar-refractivity contribution in [2.45, 2.75) is 26.7 Å². The van der Waals surface area contributed by atoms with Crippen LogP contribution in [0.3, 0.4) is 0 Å². The molecule has 6 nitrogen and oxygen atoms in total. The van der Waals surface area contributed by atoms with Crippen molar-refractivity contribution >= 4 is 27.5 Å². The number of H-pyrrole nitrogens is 1. The lowest BCUT2D eigenvalue weighted by Gasteiger charge is -2.04. The van der Waals surface area contributed by atoms with Gasteiger partial charge in [0, 0.05) is 5.92 Å². The normalized spacial score (nSPS) is 10.8. The van der Waals surface area contributed by atoms with Gasteiger partial charge in [0.15, 0.2) is 0 Å². The third kappa shape index (κ3) is 3.17. The molecule has 2 aromatic heterocycles. The molecule has 7 heteroatoms. The highest BCUT2D eigenvalue weighted by Crippen LogP contribution is 2.17. The monoisotopic (exact) mass is 323 g/mol. The van der Waals surface area contributed by atoms with Crippen molar-refractivity contribution in [2.24, 2.45) is 0 Å². The largest absolute Gasteiger partial charge is 0.318 e. The fraction of sp³-hybridized carbons (Fsp3) is 0.333. The highest BCUT2D eigenvalue weighted by atomic mass is 79.9. The number of carbonyl (C=O) groups excluding carboxylic acids is 1. The molecule has 1 amide bonds. The Labute approximate surface area is 119 Å². The zero-order valence-electron chi connectivity index (χ0n) is 10.9. The molecule has 0 unspecified atom stereocenters. The summed E-state index contributed by atoms with van der Waals surface area (Å²) in [7, 11) is 0. The van der Waals surface area contributed by atoms with E-state index in [2.05, 4.69) is 41.4 Å². The lowest BCUT2D eigenvalue weighted by Crippen LogP contribution is -2.14. The second-order valence-corrected chi connectivity index (χ2v) is 5.24. The Morgan fingerprint density at radius 1 is 1.47 bits per heavy atom. The van der Waals surface area contributed by atoms with E-state index in [0.717, 1.165) is 10.2 Å². The minimum atomic E-state index is -0.355. The van der Waals surface area contributed by atoms with Crippen LogP contribution in [0, 0.1) is 6.92 Å². The minimum absolute atomic E-state index is 0.129. The maximum atomic E-state index is 12.0. The summed E-state index contributed by atoms with van der Waals surface area (Å²) in [6.07, 6.45) is 1.57. The fourth-order valence-corrected chi connectivity index (χ4v) is 1.66. The van der Waals surface area contributed by atoms with Gasteiger partial charge in [0.25, 0.3) is 5.91 Å². The lowest BCUT2D eigenvalue weighted by molar-refractivity contribution is 0.101. The van der Waals surface area contributed by atoms with Crippen LogP contribution in [-0.2, 0) is 0 Å². The van der Waals surface area contributed by atoms with Crippen molar-refractivity contribution in [3.05, 3.63) is 34.1 Å². The molecule has 0 atom stereocenters. The molecule has 0 radical (unpaired) electrons. The van der Waals surface area contributed by atoms with Gasteiger partial charge in [0.1, 0.15) is 10.4 Å². The summed E-state index contributed by atoms with van der Waals surface area (Å²) >= 11 is 3.31. The Kier molecular flexibility index (Phi) is 3.94. The molecule has 0 aliphatic carbocycles. The van der Waals surface area contributed by atoms with E-state index in [1.807, 2.05) is 26.8 Å². The number of hydrogen-bond donors (Lipinski definition) is 2. The number of pyridine rings is 1. The third-order valence-corrected chi connectivity index (χ3v) is 3.36. The molecule has 0 aliphatic rings. The van der Waals surface area contributed by atoms with Gasteiger partial charge in [0.2, 0.25) is 5.82 Å². The summed E-state index contributed by atoms with van der Waals surface area (Å²) in [6.45, 7) is 5.85. The van der Waals surface area contributed by atoms with Crippen molar-refractivity contribution in [2.75, 3.05) is 5.32 Å². The summed E-state index contributed by atoms with van der Waals surface area (Å²) in [6, 6.07) is 1.82. The van der Waals surface area contributed by atoms with Crippen LogP contribution < -0.4 is 5.32 Å². The first kappa shape index (κ1) is 13.7. The number of nitrogens with zero attached hydrogens (tertiary/aromatic N) is 3. The quantitative estimate of drug-likeness (QED) is 0.850. The number of nitrogens with one attached hydrogen (secondary N) is 2. The SMILES string of the molecule is Cc1cc(NC(=O)c2n[nH]c(C(C)C)n2)cnc1Br. The van der Waals surface area contributed by atoms with Crippen LogP contribution in [0.25, 0.3) is 0 Å². The molecule has 0 aliphatic heterocycles. The molecule has 19 heavy (non-hydrogen) atoms.